The van der Waals surface area contributed by atoms with Gasteiger partial charge in [-0.2, -0.15) is 0 Å². The molecule has 1 aliphatic rings. The second-order valence-electron chi connectivity index (χ2n) is 4.44. The van der Waals surface area contributed by atoms with Crippen LogP contribution in [0.4, 0.5) is 0 Å². The zero-order valence-electron chi connectivity index (χ0n) is 9.27. The number of aromatic nitrogens is 1. The molecule has 80 valence electrons. The quantitative estimate of drug-likeness (QED) is 0.711. The predicted octanol–water partition coefficient (Wildman–Crippen LogP) is 2.56. The van der Waals surface area contributed by atoms with E-state index in [1.807, 2.05) is 25.1 Å². The SMILES string of the molecule is Cc1ncccc1C1(O)C=CC(C)CC1. The van der Waals surface area contributed by atoms with Crippen molar-refractivity contribution in [3.8, 4) is 0 Å². The lowest BCUT2D eigenvalue weighted by atomic mass is 9.81. The zero-order chi connectivity index (χ0) is 10.9. The first-order chi connectivity index (χ1) is 7.12. The monoisotopic (exact) mass is 203 g/mol. The van der Waals surface area contributed by atoms with E-state index in [4.69, 9.17) is 0 Å². The standard InChI is InChI=1S/C13H17NO/c1-10-5-7-13(15,8-6-10)12-4-3-9-14-11(12)2/h3-5,7,9-10,15H,6,8H2,1-2H3. The molecule has 0 aliphatic heterocycles. The van der Waals surface area contributed by atoms with Crippen LogP contribution in [0, 0.1) is 12.8 Å². The van der Waals surface area contributed by atoms with Gasteiger partial charge in [-0.15, -0.1) is 0 Å². The van der Waals surface area contributed by atoms with E-state index in [2.05, 4.69) is 18.0 Å². The summed E-state index contributed by atoms with van der Waals surface area (Å²) in [5.41, 5.74) is 1.05. The number of aliphatic hydroxyl groups is 1. The van der Waals surface area contributed by atoms with Crippen molar-refractivity contribution in [1.29, 1.82) is 0 Å². The van der Waals surface area contributed by atoms with Crippen molar-refractivity contribution in [2.75, 3.05) is 0 Å². The molecular formula is C13H17NO. The highest BCUT2D eigenvalue weighted by Gasteiger charge is 2.30. The number of hydrogen-bond acceptors (Lipinski definition) is 2. The predicted molar refractivity (Wildman–Crippen MR) is 60.4 cm³/mol. The molecule has 0 bridgehead atoms. The lowest BCUT2D eigenvalue weighted by Crippen LogP contribution is -2.27. The Morgan fingerprint density at radius 3 is 2.93 bits per heavy atom. The van der Waals surface area contributed by atoms with Gasteiger partial charge in [0.05, 0.1) is 0 Å². The lowest BCUT2D eigenvalue weighted by molar-refractivity contribution is 0.0663. The van der Waals surface area contributed by atoms with Crippen molar-refractivity contribution in [1.82, 2.24) is 4.98 Å². The van der Waals surface area contributed by atoms with Gasteiger partial charge < -0.3 is 5.11 Å². The summed E-state index contributed by atoms with van der Waals surface area (Å²) in [6, 6.07) is 3.84. The smallest absolute Gasteiger partial charge is 0.109 e. The summed E-state index contributed by atoms with van der Waals surface area (Å²) >= 11 is 0. The maximum Gasteiger partial charge on any atom is 0.109 e. The van der Waals surface area contributed by atoms with Crippen LogP contribution in [-0.4, -0.2) is 10.1 Å². The topological polar surface area (TPSA) is 33.1 Å². The molecule has 1 aromatic heterocycles. The number of allylic oxidation sites excluding steroid dienone is 1. The molecule has 0 fully saturated rings. The molecule has 0 saturated heterocycles. The molecule has 15 heavy (non-hydrogen) atoms. The number of rotatable bonds is 1. The second kappa shape index (κ2) is 3.78. The van der Waals surface area contributed by atoms with E-state index in [1.165, 1.54) is 0 Å². The molecule has 0 saturated carbocycles. The fraction of sp³-hybridized carbons (Fsp3) is 0.462. The molecule has 1 heterocycles. The summed E-state index contributed by atoms with van der Waals surface area (Å²) < 4.78 is 0. The Kier molecular flexibility index (Phi) is 2.61. The van der Waals surface area contributed by atoms with Crippen LogP contribution in [0.25, 0.3) is 0 Å². The van der Waals surface area contributed by atoms with Crippen LogP contribution in [-0.2, 0) is 5.60 Å². The van der Waals surface area contributed by atoms with Crippen LogP contribution in [0.3, 0.4) is 0 Å². The zero-order valence-corrected chi connectivity index (χ0v) is 9.27. The molecule has 2 nitrogen and oxygen atoms in total. The first-order valence-corrected chi connectivity index (χ1v) is 5.46. The average Bonchev–Trinajstić information content (AvgIpc) is 2.23. The first kappa shape index (κ1) is 10.4. The Morgan fingerprint density at radius 2 is 2.33 bits per heavy atom. The molecule has 2 heteroatoms. The van der Waals surface area contributed by atoms with Crippen LogP contribution in [0.2, 0.25) is 0 Å². The fourth-order valence-corrected chi connectivity index (χ4v) is 2.12. The molecule has 0 aromatic carbocycles. The molecule has 1 aromatic rings. The van der Waals surface area contributed by atoms with E-state index < -0.39 is 5.60 Å². The van der Waals surface area contributed by atoms with Crippen molar-refractivity contribution >= 4 is 0 Å². The summed E-state index contributed by atoms with van der Waals surface area (Å²) in [6.45, 7) is 4.12. The normalized spacial score (nSPS) is 30.5. The van der Waals surface area contributed by atoms with Crippen LogP contribution in [0.5, 0.6) is 0 Å². The van der Waals surface area contributed by atoms with Gasteiger partial charge >= 0.3 is 0 Å². The van der Waals surface area contributed by atoms with Gasteiger partial charge in [-0.3, -0.25) is 4.98 Å². The fourth-order valence-electron chi connectivity index (χ4n) is 2.12. The number of aryl methyl sites for hydroxylation is 1. The average molecular weight is 203 g/mol. The van der Waals surface area contributed by atoms with Crippen LogP contribution >= 0.6 is 0 Å². The Hall–Kier alpha value is -1.15. The second-order valence-corrected chi connectivity index (χ2v) is 4.44. The largest absolute Gasteiger partial charge is 0.381 e. The van der Waals surface area contributed by atoms with Gasteiger partial charge in [0.2, 0.25) is 0 Å². The van der Waals surface area contributed by atoms with Crippen molar-refractivity contribution < 1.29 is 5.11 Å². The van der Waals surface area contributed by atoms with E-state index in [-0.39, 0.29) is 0 Å². The maximum absolute atomic E-state index is 10.5. The summed E-state index contributed by atoms with van der Waals surface area (Å²) in [4.78, 5) is 4.22. The van der Waals surface area contributed by atoms with Gasteiger partial charge in [0.15, 0.2) is 0 Å². The highest BCUT2D eigenvalue weighted by molar-refractivity contribution is 5.31. The van der Waals surface area contributed by atoms with Crippen molar-refractivity contribution in [3.63, 3.8) is 0 Å². The van der Waals surface area contributed by atoms with Crippen LogP contribution < -0.4 is 0 Å². The van der Waals surface area contributed by atoms with Gasteiger partial charge in [-0.1, -0.05) is 25.1 Å². The van der Waals surface area contributed by atoms with Gasteiger partial charge in [-0.05, 0) is 31.7 Å². The van der Waals surface area contributed by atoms with E-state index >= 15 is 0 Å². The Bertz CT molecular complexity index is 386. The molecular weight excluding hydrogens is 186 g/mol. The third-order valence-electron chi connectivity index (χ3n) is 3.15. The van der Waals surface area contributed by atoms with Crippen molar-refractivity contribution in [2.45, 2.75) is 32.3 Å². The molecule has 2 atom stereocenters. The minimum Gasteiger partial charge on any atom is -0.381 e. The van der Waals surface area contributed by atoms with E-state index in [1.54, 1.807) is 6.20 Å². The summed E-state index contributed by atoms with van der Waals surface area (Å²) in [6.07, 6.45) is 7.59. The minimum atomic E-state index is -0.801. The Balaban J connectivity index is 2.38. The van der Waals surface area contributed by atoms with Gasteiger partial charge in [0.1, 0.15) is 5.60 Å². The molecule has 1 N–H and O–H groups in total. The molecule has 0 radical (unpaired) electrons. The summed E-state index contributed by atoms with van der Waals surface area (Å²) in [5, 5.41) is 10.5. The Labute approximate surface area is 90.7 Å². The van der Waals surface area contributed by atoms with E-state index in [0.29, 0.717) is 5.92 Å². The highest BCUT2D eigenvalue weighted by Crippen LogP contribution is 2.35. The number of pyridine rings is 1. The third-order valence-corrected chi connectivity index (χ3v) is 3.15. The molecule has 2 unspecified atom stereocenters. The van der Waals surface area contributed by atoms with Gasteiger partial charge in [0, 0.05) is 17.5 Å². The highest BCUT2D eigenvalue weighted by atomic mass is 16.3. The summed E-state index contributed by atoms with van der Waals surface area (Å²) in [7, 11) is 0. The van der Waals surface area contributed by atoms with Crippen LogP contribution in [0.15, 0.2) is 30.5 Å². The number of hydrogen-bond donors (Lipinski definition) is 1. The van der Waals surface area contributed by atoms with Crippen LogP contribution in [0.1, 0.15) is 31.0 Å². The molecule has 2 rings (SSSR count). The first-order valence-electron chi connectivity index (χ1n) is 5.46. The number of nitrogens with zero attached hydrogens (tertiary/aromatic N) is 1. The van der Waals surface area contributed by atoms with E-state index in [0.717, 1.165) is 24.1 Å². The maximum atomic E-state index is 10.5. The van der Waals surface area contributed by atoms with Gasteiger partial charge in [-0.25, -0.2) is 0 Å². The Morgan fingerprint density at radius 1 is 1.53 bits per heavy atom. The minimum absolute atomic E-state index is 0.572. The van der Waals surface area contributed by atoms with E-state index in [9.17, 15) is 5.11 Å². The molecule has 0 spiro atoms. The summed E-state index contributed by atoms with van der Waals surface area (Å²) in [5.74, 6) is 0.572. The third kappa shape index (κ3) is 1.95. The lowest BCUT2D eigenvalue weighted by Gasteiger charge is -2.31. The van der Waals surface area contributed by atoms with Crippen molar-refractivity contribution in [2.24, 2.45) is 5.92 Å². The molecule has 1 aliphatic carbocycles. The van der Waals surface area contributed by atoms with Crippen molar-refractivity contribution in [3.05, 3.63) is 41.7 Å². The van der Waals surface area contributed by atoms with Gasteiger partial charge in [0.25, 0.3) is 0 Å². The molecule has 0 amide bonds.